The number of hydrogen-bond donors (Lipinski definition) is 2. The molecule has 0 spiro atoms. The number of aryl methyl sites for hydroxylation is 1. The van der Waals surface area contributed by atoms with Gasteiger partial charge in [0.1, 0.15) is 0 Å². The summed E-state index contributed by atoms with van der Waals surface area (Å²) in [5, 5.41) is 6.59. The molecule has 0 aliphatic heterocycles. The molecule has 1 rings (SSSR count). The molecule has 0 bridgehead atoms. The topological polar surface area (TPSA) is 70.6 Å². The van der Waals surface area contributed by atoms with E-state index in [9.17, 15) is 8.42 Å². The standard InChI is InChI=1S/C17H29N3O2S2/c1-7-18-16(20-12-17(3,4)23-5)19-11-14-8-9-15(13(2)10-14)24(6,21)22/h8-10H,7,11-12H2,1-6H3,(H2,18,19,20). The zero-order valence-corrected chi connectivity index (χ0v) is 17.1. The van der Waals surface area contributed by atoms with Gasteiger partial charge in [-0.2, -0.15) is 11.8 Å². The Labute approximate surface area is 150 Å². The molecule has 0 aliphatic rings. The third kappa shape index (κ3) is 6.73. The van der Waals surface area contributed by atoms with Gasteiger partial charge in [0.15, 0.2) is 15.8 Å². The lowest BCUT2D eigenvalue weighted by atomic mass is 10.1. The van der Waals surface area contributed by atoms with Gasteiger partial charge in [0.25, 0.3) is 0 Å². The summed E-state index contributed by atoms with van der Waals surface area (Å²) in [5.74, 6) is 0.768. The molecule has 0 radical (unpaired) electrons. The smallest absolute Gasteiger partial charge is 0.191 e. The Morgan fingerprint density at radius 1 is 1.29 bits per heavy atom. The summed E-state index contributed by atoms with van der Waals surface area (Å²) in [6.45, 7) is 10.3. The first-order chi connectivity index (χ1) is 11.1. The average molecular weight is 372 g/mol. The van der Waals surface area contributed by atoms with Crippen LogP contribution in [0.5, 0.6) is 0 Å². The molecule has 0 fully saturated rings. The minimum atomic E-state index is -3.18. The molecule has 5 nitrogen and oxygen atoms in total. The van der Waals surface area contributed by atoms with Crippen molar-refractivity contribution in [1.82, 2.24) is 10.6 Å². The zero-order valence-electron chi connectivity index (χ0n) is 15.4. The molecule has 136 valence electrons. The minimum Gasteiger partial charge on any atom is -0.357 e. The predicted molar refractivity (Wildman–Crippen MR) is 105 cm³/mol. The van der Waals surface area contributed by atoms with E-state index >= 15 is 0 Å². The number of nitrogens with one attached hydrogen (secondary N) is 2. The Kier molecular flexibility index (Phi) is 7.60. The van der Waals surface area contributed by atoms with Crippen LogP contribution in [0, 0.1) is 6.92 Å². The normalized spacial score (nSPS) is 13.0. The van der Waals surface area contributed by atoms with Gasteiger partial charge in [0, 0.05) is 24.1 Å². The monoisotopic (exact) mass is 371 g/mol. The predicted octanol–water partition coefficient (Wildman–Crippen LogP) is 2.60. The maximum absolute atomic E-state index is 11.7. The molecule has 0 unspecified atom stereocenters. The van der Waals surface area contributed by atoms with Crippen LogP contribution in [-0.2, 0) is 16.4 Å². The summed E-state index contributed by atoms with van der Waals surface area (Å²) in [4.78, 5) is 4.97. The van der Waals surface area contributed by atoms with Gasteiger partial charge in [-0.25, -0.2) is 13.4 Å². The molecule has 1 aromatic carbocycles. The number of nitrogens with zero attached hydrogens (tertiary/aromatic N) is 1. The Morgan fingerprint density at radius 3 is 2.46 bits per heavy atom. The summed E-state index contributed by atoms with van der Waals surface area (Å²) >= 11 is 1.81. The van der Waals surface area contributed by atoms with Gasteiger partial charge in [-0.15, -0.1) is 0 Å². The van der Waals surface area contributed by atoms with Gasteiger partial charge >= 0.3 is 0 Å². The summed E-state index contributed by atoms with van der Waals surface area (Å²) < 4.78 is 23.5. The van der Waals surface area contributed by atoms with Crippen LogP contribution in [0.2, 0.25) is 0 Å². The lowest BCUT2D eigenvalue weighted by molar-refractivity contribution is 0.601. The largest absolute Gasteiger partial charge is 0.357 e. The molecule has 0 saturated carbocycles. The van der Waals surface area contributed by atoms with E-state index in [2.05, 4.69) is 35.7 Å². The fourth-order valence-corrected chi connectivity index (χ4v) is 3.28. The van der Waals surface area contributed by atoms with Crippen LogP contribution in [0.4, 0.5) is 0 Å². The number of thioether (sulfide) groups is 1. The van der Waals surface area contributed by atoms with Crippen molar-refractivity contribution in [1.29, 1.82) is 0 Å². The van der Waals surface area contributed by atoms with Crippen molar-refractivity contribution in [3.05, 3.63) is 29.3 Å². The summed E-state index contributed by atoms with van der Waals surface area (Å²) in [6.07, 6.45) is 3.33. The second-order valence-corrected chi connectivity index (χ2v) is 9.88. The van der Waals surface area contributed by atoms with Crippen LogP contribution in [0.15, 0.2) is 28.1 Å². The van der Waals surface area contributed by atoms with Crippen LogP contribution in [0.3, 0.4) is 0 Å². The van der Waals surface area contributed by atoms with Gasteiger partial charge < -0.3 is 10.6 Å². The quantitative estimate of drug-likeness (QED) is 0.569. The molecular weight excluding hydrogens is 342 g/mol. The summed E-state index contributed by atoms with van der Waals surface area (Å²) in [6, 6.07) is 5.37. The third-order valence-corrected chi connectivity index (χ3v) is 6.14. The molecule has 1 aromatic rings. The van der Waals surface area contributed by atoms with Crippen molar-refractivity contribution >= 4 is 27.6 Å². The molecule has 0 amide bonds. The molecule has 24 heavy (non-hydrogen) atoms. The second-order valence-electron chi connectivity index (χ2n) is 6.38. The van der Waals surface area contributed by atoms with Gasteiger partial charge in [-0.05, 0) is 51.1 Å². The van der Waals surface area contributed by atoms with Gasteiger partial charge in [-0.1, -0.05) is 12.1 Å². The Hall–Kier alpha value is -1.21. The maximum atomic E-state index is 11.7. The molecular formula is C17H29N3O2S2. The first-order valence-corrected chi connectivity index (χ1v) is 11.1. The second kappa shape index (κ2) is 8.76. The van der Waals surface area contributed by atoms with Crippen molar-refractivity contribution in [3.63, 3.8) is 0 Å². The van der Waals surface area contributed by atoms with Crippen LogP contribution >= 0.6 is 11.8 Å². The summed E-state index contributed by atoms with van der Waals surface area (Å²) in [5.41, 5.74) is 1.74. The van der Waals surface area contributed by atoms with Gasteiger partial charge in [0.2, 0.25) is 0 Å². The van der Waals surface area contributed by atoms with E-state index < -0.39 is 9.84 Å². The Morgan fingerprint density at radius 2 is 1.96 bits per heavy atom. The number of aliphatic imine (C=N–C) groups is 1. The first-order valence-electron chi connectivity index (χ1n) is 7.96. The summed E-state index contributed by atoms with van der Waals surface area (Å²) in [7, 11) is -3.18. The Bertz CT molecular complexity index is 683. The van der Waals surface area contributed by atoms with Crippen LogP contribution in [0.25, 0.3) is 0 Å². The maximum Gasteiger partial charge on any atom is 0.191 e. The first kappa shape index (κ1) is 20.8. The highest BCUT2D eigenvalue weighted by molar-refractivity contribution is 7.99. The molecule has 2 N–H and O–H groups in total. The number of benzene rings is 1. The number of rotatable bonds is 7. The molecule has 7 heteroatoms. The molecule has 0 aromatic heterocycles. The number of sulfone groups is 1. The van der Waals surface area contributed by atoms with Crippen molar-refractivity contribution in [2.45, 2.75) is 43.9 Å². The van der Waals surface area contributed by atoms with Crippen molar-refractivity contribution in [2.75, 3.05) is 25.6 Å². The van der Waals surface area contributed by atoms with E-state index in [0.717, 1.165) is 30.2 Å². The van der Waals surface area contributed by atoms with E-state index in [1.807, 2.05) is 26.0 Å². The Balaban J connectivity index is 2.85. The van der Waals surface area contributed by atoms with Crippen molar-refractivity contribution in [3.8, 4) is 0 Å². The average Bonchev–Trinajstić information content (AvgIpc) is 2.49. The lowest BCUT2D eigenvalue weighted by Crippen LogP contribution is -2.43. The fraction of sp³-hybridized carbons (Fsp3) is 0.588. The lowest BCUT2D eigenvalue weighted by Gasteiger charge is -2.23. The van der Waals surface area contributed by atoms with Crippen LogP contribution in [-0.4, -0.2) is 44.7 Å². The number of hydrogen-bond acceptors (Lipinski definition) is 4. The van der Waals surface area contributed by atoms with E-state index in [1.54, 1.807) is 17.8 Å². The van der Waals surface area contributed by atoms with E-state index in [1.165, 1.54) is 6.26 Å². The van der Waals surface area contributed by atoms with Gasteiger partial charge in [0.05, 0.1) is 11.4 Å². The highest BCUT2D eigenvalue weighted by atomic mass is 32.2. The van der Waals surface area contributed by atoms with Gasteiger partial charge in [-0.3, -0.25) is 0 Å². The SMILES string of the molecule is CCNC(=NCc1ccc(S(C)(=O)=O)c(C)c1)NCC(C)(C)SC. The van der Waals surface area contributed by atoms with Crippen molar-refractivity contribution < 1.29 is 8.42 Å². The molecule has 0 saturated heterocycles. The van der Waals surface area contributed by atoms with E-state index in [4.69, 9.17) is 0 Å². The minimum absolute atomic E-state index is 0.129. The highest BCUT2D eigenvalue weighted by Crippen LogP contribution is 2.19. The van der Waals surface area contributed by atoms with Crippen LogP contribution in [0.1, 0.15) is 31.9 Å². The fourth-order valence-electron chi connectivity index (χ4n) is 2.11. The third-order valence-electron chi connectivity index (χ3n) is 3.64. The molecule has 0 atom stereocenters. The van der Waals surface area contributed by atoms with Crippen LogP contribution < -0.4 is 10.6 Å². The highest BCUT2D eigenvalue weighted by Gasteiger charge is 2.16. The van der Waals surface area contributed by atoms with E-state index in [-0.39, 0.29) is 4.75 Å². The van der Waals surface area contributed by atoms with E-state index in [0.29, 0.717) is 11.4 Å². The number of guanidine groups is 1. The molecule has 0 heterocycles. The zero-order chi connectivity index (χ0) is 18.4. The van der Waals surface area contributed by atoms with Crippen molar-refractivity contribution in [2.24, 2.45) is 4.99 Å². The molecule has 0 aliphatic carbocycles.